The zero-order valence-electron chi connectivity index (χ0n) is 12.6. The van der Waals surface area contributed by atoms with Crippen LogP contribution in [0.2, 0.25) is 0 Å². The van der Waals surface area contributed by atoms with Gasteiger partial charge < -0.3 is 20.1 Å². The van der Waals surface area contributed by atoms with E-state index in [2.05, 4.69) is 15.6 Å². The summed E-state index contributed by atoms with van der Waals surface area (Å²) in [5.74, 6) is 0.817. The number of amides is 2. The van der Waals surface area contributed by atoms with Gasteiger partial charge in [-0.25, -0.2) is 4.79 Å². The minimum absolute atomic E-state index is 0.207. The van der Waals surface area contributed by atoms with E-state index >= 15 is 0 Å². The Balaban J connectivity index is 2.47. The van der Waals surface area contributed by atoms with Gasteiger partial charge in [0.2, 0.25) is 0 Å². The molecule has 1 rings (SSSR count). The van der Waals surface area contributed by atoms with Crippen LogP contribution in [-0.2, 0) is 11.3 Å². The minimum atomic E-state index is -0.207. The number of pyridine rings is 1. The van der Waals surface area contributed by atoms with Crippen LogP contribution in [0.5, 0.6) is 5.75 Å². The number of carbonyl (C=O) groups is 1. The first kappa shape index (κ1) is 16.2. The summed E-state index contributed by atoms with van der Waals surface area (Å²) >= 11 is 0. The van der Waals surface area contributed by atoms with Crippen molar-refractivity contribution in [2.24, 2.45) is 0 Å². The highest BCUT2D eigenvalue weighted by Crippen LogP contribution is 2.23. The maximum Gasteiger partial charge on any atom is 0.315 e. The predicted molar refractivity (Wildman–Crippen MR) is 77.0 cm³/mol. The number of urea groups is 1. The molecule has 1 heterocycles. The lowest BCUT2D eigenvalue weighted by molar-refractivity contribution is 0.193. The molecule has 2 amide bonds. The number of ether oxygens (including phenoxy) is 2. The van der Waals surface area contributed by atoms with Gasteiger partial charge in [-0.1, -0.05) is 0 Å². The lowest BCUT2D eigenvalue weighted by Crippen LogP contribution is -2.36. The van der Waals surface area contributed by atoms with Crippen molar-refractivity contribution in [2.75, 3.05) is 27.4 Å². The van der Waals surface area contributed by atoms with E-state index < -0.39 is 0 Å². The van der Waals surface area contributed by atoms with Gasteiger partial charge in [-0.2, -0.15) is 0 Å². The van der Waals surface area contributed by atoms with E-state index in [4.69, 9.17) is 9.47 Å². The van der Waals surface area contributed by atoms with Crippen molar-refractivity contribution >= 4 is 6.03 Å². The summed E-state index contributed by atoms with van der Waals surface area (Å²) in [6.45, 7) is 5.48. The average molecular weight is 281 g/mol. The molecule has 0 atom stereocenters. The Labute approximate surface area is 119 Å². The van der Waals surface area contributed by atoms with Crippen LogP contribution in [0, 0.1) is 13.8 Å². The Morgan fingerprint density at radius 1 is 1.30 bits per heavy atom. The molecule has 1 aromatic heterocycles. The normalized spacial score (nSPS) is 10.2. The molecule has 0 aliphatic heterocycles. The number of hydrogen-bond acceptors (Lipinski definition) is 4. The molecule has 6 heteroatoms. The number of aromatic nitrogens is 1. The minimum Gasteiger partial charge on any atom is -0.496 e. The highest BCUT2D eigenvalue weighted by molar-refractivity contribution is 5.73. The summed E-state index contributed by atoms with van der Waals surface area (Å²) in [5.41, 5.74) is 2.74. The van der Waals surface area contributed by atoms with Crippen molar-refractivity contribution in [2.45, 2.75) is 26.8 Å². The van der Waals surface area contributed by atoms with Crippen LogP contribution < -0.4 is 15.4 Å². The van der Waals surface area contributed by atoms with Gasteiger partial charge in [0.05, 0.1) is 19.3 Å². The van der Waals surface area contributed by atoms with E-state index in [-0.39, 0.29) is 6.03 Å². The molecule has 0 saturated carbocycles. The Kier molecular flexibility index (Phi) is 6.79. The highest BCUT2D eigenvalue weighted by Gasteiger charge is 2.10. The van der Waals surface area contributed by atoms with Crippen molar-refractivity contribution < 1.29 is 14.3 Å². The smallest absolute Gasteiger partial charge is 0.315 e. The van der Waals surface area contributed by atoms with Gasteiger partial charge >= 0.3 is 6.03 Å². The van der Waals surface area contributed by atoms with Crippen LogP contribution >= 0.6 is 0 Å². The molecule has 20 heavy (non-hydrogen) atoms. The number of carbonyl (C=O) groups excluding carboxylic acids is 1. The third-order valence-electron chi connectivity index (χ3n) is 2.98. The Bertz CT molecular complexity index is 450. The zero-order chi connectivity index (χ0) is 15.0. The fourth-order valence-electron chi connectivity index (χ4n) is 1.89. The van der Waals surface area contributed by atoms with Crippen LogP contribution in [0.3, 0.4) is 0 Å². The summed E-state index contributed by atoms with van der Waals surface area (Å²) in [4.78, 5) is 15.9. The van der Waals surface area contributed by atoms with E-state index in [1.165, 1.54) is 0 Å². The van der Waals surface area contributed by atoms with E-state index in [0.717, 1.165) is 29.0 Å². The third-order valence-corrected chi connectivity index (χ3v) is 2.98. The number of rotatable bonds is 7. The molecule has 0 spiro atoms. The lowest BCUT2D eigenvalue weighted by Gasteiger charge is -2.13. The molecule has 6 nitrogen and oxygen atoms in total. The van der Waals surface area contributed by atoms with Crippen LogP contribution in [0.15, 0.2) is 6.20 Å². The second kappa shape index (κ2) is 8.37. The molecular weight excluding hydrogens is 258 g/mol. The number of methoxy groups -OCH3 is 2. The molecule has 0 aliphatic carbocycles. The fraction of sp³-hybridized carbons (Fsp3) is 0.571. The monoisotopic (exact) mass is 281 g/mol. The van der Waals surface area contributed by atoms with E-state index in [0.29, 0.717) is 19.7 Å². The number of hydrogen-bond donors (Lipinski definition) is 2. The van der Waals surface area contributed by atoms with Crippen molar-refractivity contribution in [3.05, 3.63) is 23.0 Å². The standard InChI is InChI=1S/C14H23N3O3/c1-10-8-16-12(11(2)13(10)20-4)9-17-14(18)15-6-5-7-19-3/h8H,5-7,9H2,1-4H3,(H2,15,17,18). The van der Waals surface area contributed by atoms with Crippen LogP contribution in [-0.4, -0.2) is 38.4 Å². The van der Waals surface area contributed by atoms with Crippen LogP contribution in [0.1, 0.15) is 23.2 Å². The Morgan fingerprint density at radius 2 is 2.05 bits per heavy atom. The molecule has 0 aliphatic rings. The Morgan fingerprint density at radius 3 is 2.70 bits per heavy atom. The average Bonchev–Trinajstić information content (AvgIpc) is 2.43. The SMILES string of the molecule is COCCCNC(=O)NCc1ncc(C)c(OC)c1C. The highest BCUT2D eigenvalue weighted by atomic mass is 16.5. The van der Waals surface area contributed by atoms with E-state index in [9.17, 15) is 4.79 Å². The first-order valence-corrected chi connectivity index (χ1v) is 6.59. The second-order valence-corrected chi connectivity index (χ2v) is 4.50. The maximum atomic E-state index is 11.6. The zero-order valence-corrected chi connectivity index (χ0v) is 12.6. The van der Waals surface area contributed by atoms with Gasteiger partial charge in [0, 0.05) is 37.6 Å². The first-order chi connectivity index (χ1) is 9.60. The summed E-state index contributed by atoms with van der Waals surface area (Å²) in [6, 6.07) is -0.207. The number of nitrogens with zero attached hydrogens (tertiary/aromatic N) is 1. The molecule has 2 N–H and O–H groups in total. The molecule has 0 saturated heterocycles. The van der Waals surface area contributed by atoms with Crippen LogP contribution in [0.25, 0.3) is 0 Å². The number of nitrogens with one attached hydrogen (secondary N) is 2. The van der Waals surface area contributed by atoms with Crippen LogP contribution in [0.4, 0.5) is 4.79 Å². The maximum absolute atomic E-state index is 11.6. The van der Waals surface area contributed by atoms with Gasteiger partial charge in [-0.05, 0) is 20.3 Å². The molecule has 1 aromatic rings. The first-order valence-electron chi connectivity index (χ1n) is 6.59. The van der Waals surface area contributed by atoms with Crippen molar-refractivity contribution in [3.8, 4) is 5.75 Å². The van der Waals surface area contributed by atoms with Gasteiger partial charge in [-0.3, -0.25) is 4.98 Å². The van der Waals surface area contributed by atoms with Crippen molar-refractivity contribution in [3.63, 3.8) is 0 Å². The summed E-state index contributed by atoms with van der Waals surface area (Å²) < 4.78 is 10.2. The lowest BCUT2D eigenvalue weighted by atomic mass is 10.1. The summed E-state index contributed by atoms with van der Waals surface area (Å²) in [5, 5.41) is 5.54. The molecule has 0 unspecified atom stereocenters. The molecule has 0 bridgehead atoms. The summed E-state index contributed by atoms with van der Waals surface area (Å²) in [7, 11) is 3.27. The molecular formula is C14H23N3O3. The largest absolute Gasteiger partial charge is 0.496 e. The molecule has 112 valence electrons. The van der Waals surface area contributed by atoms with Gasteiger partial charge in [-0.15, -0.1) is 0 Å². The Hall–Kier alpha value is -1.82. The van der Waals surface area contributed by atoms with Gasteiger partial charge in [0.25, 0.3) is 0 Å². The van der Waals surface area contributed by atoms with E-state index in [1.54, 1.807) is 20.4 Å². The predicted octanol–water partition coefficient (Wildman–Crippen LogP) is 1.54. The molecule has 0 aromatic carbocycles. The topological polar surface area (TPSA) is 72.5 Å². The molecule has 0 fully saturated rings. The van der Waals surface area contributed by atoms with Gasteiger partial charge in [0.1, 0.15) is 5.75 Å². The second-order valence-electron chi connectivity index (χ2n) is 4.50. The molecule has 0 radical (unpaired) electrons. The summed E-state index contributed by atoms with van der Waals surface area (Å²) in [6.07, 6.45) is 2.54. The number of aryl methyl sites for hydroxylation is 1. The van der Waals surface area contributed by atoms with Crippen molar-refractivity contribution in [1.29, 1.82) is 0 Å². The third kappa shape index (κ3) is 4.70. The quantitative estimate of drug-likeness (QED) is 0.744. The fourth-order valence-corrected chi connectivity index (χ4v) is 1.89. The van der Waals surface area contributed by atoms with E-state index in [1.807, 2.05) is 13.8 Å². The van der Waals surface area contributed by atoms with Gasteiger partial charge in [0.15, 0.2) is 0 Å². The van der Waals surface area contributed by atoms with Crippen molar-refractivity contribution in [1.82, 2.24) is 15.6 Å².